The van der Waals surface area contributed by atoms with E-state index in [-0.39, 0.29) is 0 Å². The van der Waals surface area contributed by atoms with Gasteiger partial charge in [0.25, 0.3) is 0 Å². The lowest BCUT2D eigenvalue weighted by Gasteiger charge is -2.19. The second-order valence-corrected chi connectivity index (χ2v) is 6.01. The maximum absolute atomic E-state index is 5.76. The van der Waals surface area contributed by atoms with E-state index in [2.05, 4.69) is 55.7 Å². The first-order chi connectivity index (χ1) is 9.20. The van der Waals surface area contributed by atoms with Crippen molar-refractivity contribution in [2.24, 2.45) is 0 Å². The molecule has 2 rings (SSSR count). The van der Waals surface area contributed by atoms with E-state index in [1.807, 2.05) is 11.3 Å². The van der Waals surface area contributed by atoms with E-state index in [1.54, 1.807) is 0 Å². The fourth-order valence-electron chi connectivity index (χ4n) is 2.24. The maximum atomic E-state index is 5.76. The summed E-state index contributed by atoms with van der Waals surface area (Å²) in [5, 5.41) is 7.19. The van der Waals surface area contributed by atoms with Crippen LogP contribution in [0.25, 0.3) is 10.1 Å². The molecule has 1 heterocycles. The summed E-state index contributed by atoms with van der Waals surface area (Å²) in [5.74, 6) is 0. The molecular formula is C16H23NOS. The van der Waals surface area contributed by atoms with Crippen LogP contribution in [0.1, 0.15) is 26.3 Å². The van der Waals surface area contributed by atoms with Crippen molar-refractivity contribution in [1.82, 2.24) is 5.32 Å². The van der Waals surface area contributed by atoms with Gasteiger partial charge >= 0.3 is 0 Å². The molecule has 0 aliphatic carbocycles. The highest BCUT2D eigenvalue weighted by atomic mass is 32.1. The minimum absolute atomic E-state index is 0.292. The zero-order valence-corrected chi connectivity index (χ0v) is 12.8. The molecule has 0 radical (unpaired) electrons. The molecule has 2 nitrogen and oxygen atoms in total. The second-order valence-electron chi connectivity index (χ2n) is 5.10. The van der Waals surface area contributed by atoms with Gasteiger partial charge in [0.1, 0.15) is 0 Å². The maximum Gasteiger partial charge on any atom is 0.0626 e. The van der Waals surface area contributed by atoms with Crippen molar-refractivity contribution >= 4 is 21.4 Å². The Morgan fingerprint density at radius 3 is 2.79 bits per heavy atom. The van der Waals surface area contributed by atoms with Gasteiger partial charge in [0.15, 0.2) is 0 Å². The predicted molar refractivity (Wildman–Crippen MR) is 84.1 cm³/mol. The smallest absolute Gasteiger partial charge is 0.0626 e. The topological polar surface area (TPSA) is 21.3 Å². The number of fused-ring (bicyclic) bond motifs is 1. The standard InChI is InChI=1S/C16H23NOS/c1-4-17-14(10-18-12(2)3)9-13-11-19-16-8-6-5-7-15(13)16/h5-8,11-12,14,17H,4,9-10H2,1-3H3. The molecule has 3 heteroatoms. The first-order valence-electron chi connectivity index (χ1n) is 7.00. The predicted octanol–water partition coefficient (Wildman–Crippen LogP) is 3.85. The number of benzene rings is 1. The third-order valence-electron chi connectivity index (χ3n) is 3.15. The van der Waals surface area contributed by atoms with Gasteiger partial charge in [-0.25, -0.2) is 0 Å². The lowest BCUT2D eigenvalue weighted by Crippen LogP contribution is -2.36. The average Bonchev–Trinajstić information content (AvgIpc) is 2.80. The minimum atomic E-state index is 0.292. The molecule has 0 spiro atoms. The van der Waals surface area contributed by atoms with Gasteiger partial charge in [-0.3, -0.25) is 0 Å². The minimum Gasteiger partial charge on any atom is -0.377 e. The Balaban J connectivity index is 2.07. The van der Waals surface area contributed by atoms with Gasteiger partial charge in [-0.1, -0.05) is 25.1 Å². The summed E-state index contributed by atoms with van der Waals surface area (Å²) in [4.78, 5) is 0. The second kappa shape index (κ2) is 7.04. The molecule has 1 aromatic heterocycles. The summed E-state index contributed by atoms with van der Waals surface area (Å²) in [5.41, 5.74) is 1.43. The Morgan fingerprint density at radius 2 is 2.05 bits per heavy atom. The number of hydrogen-bond acceptors (Lipinski definition) is 3. The average molecular weight is 277 g/mol. The highest BCUT2D eigenvalue weighted by Gasteiger charge is 2.12. The third kappa shape index (κ3) is 4.03. The van der Waals surface area contributed by atoms with E-state index < -0.39 is 0 Å². The molecule has 0 aliphatic rings. The van der Waals surface area contributed by atoms with Crippen LogP contribution >= 0.6 is 11.3 Å². The fraction of sp³-hybridized carbons (Fsp3) is 0.500. The number of likely N-dealkylation sites (N-methyl/N-ethyl adjacent to an activating group) is 1. The highest BCUT2D eigenvalue weighted by molar-refractivity contribution is 7.17. The molecule has 1 N–H and O–H groups in total. The quantitative estimate of drug-likeness (QED) is 0.830. The van der Waals surface area contributed by atoms with Crippen molar-refractivity contribution < 1.29 is 4.74 Å². The van der Waals surface area contributed by atoms with Crippen LogP contribution in [0.4, 0.5) is 0 Å². The molecule has 1 atom stereocenters. The highest BCUT2D eigenvalue weighted by Crippen LogP contribution is 2.26. The molecule has 0 saturated heterocycles. The van der Waals surface area contributed by atoms with E-state index in [4.69, 9.17) is 4.74 Å². The van der Waals surface area contributed by atoms with Gasteiger partial charge in [0.2, 0.25) is 0 Å². The van der Waals surface area contributed by atoms with Gasteiger partial charge in [-0.15, -0.1) is 11.3 Å². The van der Waals surface area contributed by atoms with Gasteiger partial charge in [-0.05, 0) is 49.2 Å². The number of rotatable bonds is 7. The lowest BCUT2D eigenvalue weighted by atomic mass is 10.1. The number of nitrogens with one attached hydrogen (secondary N) is 1. The van der Waals surface area contributed by atoms with Crippen molar-refractivity contribution in [3.05, 3.63) is 35.2 Å². The van der Waals surface area contributed by atoms with Gasteiger partial charge in [-0.2, -0.15) is 0 Å². The Hall–Kier alpha value is -0.900. The van der Waals surface area contributed by atoms with Crippen molar-refractivity contribution in [2.75, 3.05) is 13.2 Å². The Morgan fingerprint density at radius 1 is 1.26 bits per heavy atom. The SMILES string of the molecule is CCNC(COC(C)C)Cc1csc2ccccc12. The zero-order chi connectivity index (χ0) is 13.7. The first-order valence-corrected chi connectivity index (χ1v) is 7.88. The molecule has 1 unspecified atom stereocenters. The molecule has 0 bridgehead atoms. The van der Waals surface area contributed by atoms with Crippen LogP contribution in [0.5, 0.6) is 0 Å². The normalized spacial score (nSPS) is 13.3. The van der Waals surface area contributed by atoms with Crippen LogP contribution in [0, 0.1) is 0 Å². The van der Waals surface area contributed by atoms with Crippen molar-refractivity contribution in [3.63, 3.8) is 0 Å². The lowest BCUT2D eigenvalue weighted by molar-refractivity contribution is 0.0617. The van der Waals surface area contributed by atoms with Crippen LogP contribution in [0.3, 0.4) is 0 Å². The monoisotopic (exact) mass is 277 g/mol. The fourth-order valence-corrected chi connectivity index (χ4v) is 3.22. The van der Waals surface area contributed by atoms with Crippen molar-refractivity contribution in [1.29, 1.82) is 0 Å². The summed E-state index contributed by atoms with van der Waals surface area (Å²) in [7, 11) is 0. The Labute approximate surface area is 119 Å². The van der Waals surface area contributed by atoms with Crippen LogP contribution in [-0.4, -0.2) is 25.3 Å². The summed E-state index contributed by atoms with van der Waals surface area (Å²) < 4.78 is 7.13. The van der Waals surface area contributed by atoms with E-state index in [0.29, 0.717) is 12.1 Å². The summed E-state index contributed by atoms with van der Waals surface area (Å²) in [6.45, 7) is 8.07. The van der Waals surface area contributed by atoms with Crippen LogP contribution in [0.15, 0.2) is 29.6 Å². The molecule has 1 aromatic carbocycles. The molecule has 2 aromatic rings. The first kappa shape index (κ1) is 14.5. The van der Waals surface area contributed by atoms with E-state index >= 15 is 0 Å². The van der Waals surface area contributed by atoms with E-state index in [9.17, 15) is 0 Å². The largest absolute Gasteiger partial charge is 0.377 e. The Bertz CT molecular complexity index is 506. The van der Waals surface area contributed by atoms with Gasteiger partial charge in [0, 0.05) is 10.7 Å². The third-order valence-corrected chi connectivity index (χ3v) is 4.16. The molecule has 0 aliphatic heterocycles. The molecule has 104 valence electrons. The number of hydrogen-bond donors (Lipinski definition) is 1. The van der Waals surface area contributed by atoms with Crippen LogP contribution < -0.4 is 5.32 Å². The summed E-state index contributed by atoms with van der Waals surface area (Å²) >= 11 is 1.83. The Kier molecular flexibility index (Phi) is 5.37. The molecule has 0 saturated carbocycles. The van der Waals surface area contributed by atoms with Crippen molar-refractivity contribution in [2.45, 2.75) is 39.3 Å². The number of thiophene rings is 1. The van der Waals surface area contributed by atoms with Crippen molar-refractivity contribution in [3.8, 4) is 0 Å². The van der Waals surface area contributed by atoms with E-state index in [0.717, 1.165) is 19.6 Å². The molecule has 0 amide bonds. The van der Waals surface area contributed by atoms with Gasteiger partial charge in [0.05, 0.1) is 12.7 Å². The molecule has 0 fully saturated rings. The van der Waals surface area contributed by atoms with Crippen LogP contribution in [-0.2, 0) is 11.2 Å². The number of ether oxygens (including phenoxy) is 1. The summed E-state index contributed by atoms with van der Waals surface area (Å²) in [6, 6.07) is 9.02. The molecular weight excluding hydrogens is 254 g/mol. The van der Waals surface area contributed by atoms with Crippen LogP contribution in [0.2, 0.25) is 0 Å². The summed E-state index contributed by atoms with van der Waals surface area (Å²) in [6.07, 6.45) is 1.32. The zero-order valence-electron chi connectivity index (χ0n) is 12.0. The van der Waals surface area contributed by atoms with E-state index in [1.165, 1.54) is 15.6 Å². The van der Waals surface area contributed by atoms with Gasteiger partial charge < -0.3 is 10.1 Å². The molecule has 19 heavy (non-hydrogen) atoms.